The van der Waals surface area contributed by atoms with Crippen LogP contribution in [0.3, 0.4) is 0 Å². The predicted octanol–water partition coefficient (Wildman–Crippen LogP) is 3.10. The summed E-state index contributed by atoms with van der Waals surface area (Å²) in [7, 11) is 0. The monoisotopic (exact) mass is 394 g/mol. The smallest absolute Gasteiger partial charge is 0.394 e. The normalized spacial score (nSPS) is 20.5. The van der Waals surface area contributed by atoms with Crippen LogP contribution in [0.15, 0.2) is 12.3 Å². The van der Waals surface area contributed by atoms with Crippen LogP contribution in [-0.2, 0) is 4.79 Å². The number of carboxylic acid groups (broad SMARTS) is 1. The third-order valence-electron chi connectivity index (χ3n) is 3.95. The van der Waals surface area contributed by atoms with Crippen molar-refractivity contribution in [2.75, 3.05) is 19.7 Å². The molecular weight excluding hydrogens is 377 g/mol. The van der Waals surface area contributed by atoms with Crippen LogP contribution in [0.1, 0.15) is 24.2 Å². The Hall–Kier alpha value is -2.03. The summed E-state index contributed by atoms with van der Waals surface area (Å²) in [5.74, 6) is -5.80. The fourth-order valence-corrected chi connectivity index (χ4v) is 2.85. The number of aliphatic carboxylic acids is 1. The number of aromatic nitrogens is 1. The third kappa shape index (κ3) is 4.57. The Labute approximate surface area is 152 Å². The summed E-state index contributed by atoms with van der Waals surface area (Å²) in [6.45, 7) is 2.97. The van der Waals surface area contributed by atoms with Gasteiger partial charge in [0.2, 0.25) is 5.88 Å². The predicted molar refractivity (Wildman–Crippen MR) is 86.2 cm³/mol. The quantitative estimate of drug-likeness (QED) is 0.830. The number of nitrogens with zero attached hydrogens (tertiary/aromatic N) is 2. The molecule has 1 aromatic rings. The van der Waals surface area contributed by atoms with Gasteiger partial charge >= 0.3 is 12.1 Å². The molecule has 10 heteroatoms. The van der Waals surface area contributed by atoms with Crippen LogP contribution < -0.4 is 4.74 Å². The first-order chi connectivity index (χ1) is 12.0. The average molecular weight is 395 g/mol. The number of hydrogen-bond acceptors (Lipinski definition) is 4. The lowest BCUT2D eigenvalue weighted by molar-refractivity contribution is -0.187. The topological polar surface area (TPSA) is 79.7 Å². The lowest BCUT2D eigenvalue weighted by Gasteiger charge is -2.18. The summed E-state index contributed by atoms with van der Waals surface area (Å²) in [4.78, 5) is 28.3. The van der Waals surface area contributed by atoms with E-state index < -0.39 is 43.0 Å². The van der Waals surface area contributed by atoms with Crippen molar-refractivity contribution < 1.29 is 32.6 Å². The Kier molecular flexibility index (Phi) is 6.00. The molecule has 1 saturated heterocycles. The molecule has 1 aromatic heterocycles. The highest BCUT2D eigenvalue weighted by Crippen LogP contribution is 2.38. The molecule has 26 heavy (non-hydrogen) atoms. The molecule has 0 aliphatic carbocycles. The molecule has 0 aromatic carbocycles. The van der Waals surface area contributed by atoms with Gasteiger partial charge in [0.05, 0.1) is 24.0 Å². The molecule has 1 fully saturated rings. The number of rotatable bonds is 5. The first kappa shape index (κ1) is 20.3. The van der Waals surface area contributed by atoms with Gasteiger partial charge < -0.3 is 14.7 Å². The molecule has 0 saturated carbocycles. The van der Waals surface area contributed by atoms with E-state index in [4.69, 9.17) is 21.4 Å². The number of hydrogen-bond donors (Lipinski definition) is 1. The number of ether oxygens (including phenoxy) is 1. The van der Waals surface area contributed by atoms with Crippen molar-refractivity contribution in [1.82, 2.24) is 9.88 Å². The highest BCUT2D eigenvalue weighted by atomic mass is 35.5. The summed E-state index contributed by atoms with van der Waals surface area (Å²) in [6, 6.07) is 1.25. The number of halogens is 4. The van der Waals surface area contributed by atoms with E-state index >= 15 is 0 Å². The van der Waals surface area contributed by atoms with Gasteiger partial charge in [0.1, 0.15) is 5.02 Å². The maximum Gasteiger partial charge on any atom is 0.394 e. The minimum absolute atomic E-state index is 0.0288. The number of carbonyl (C=O) groups excluding carboxylic acids is 1. The fraction of sp³-hybridized carbons (Fsp3) is 0.562. The lowest BCUT2D eigenvalue weighted by atomic mass is 9.96. The number of amides is 1. The van der Waals surface area contributed by atoms with Gasteiger partial charge in [-0.3, -0.25) is 9.59 Å². The molecule has 2 rings (SSSR count). The van der Waals surface area contributed by atoms with Gasteiger partial charge in [0.25, 0.3) is 5.91 Å². The van der Waals surface area contributed by atoms with Crippen molar-refractivity contribution in [2.24, 2.45) is 17.8 Å². The maximum atomic E-state index is 13.0. The Morgan fingerprint density at radius 3 is 2.54 bits per heavy atom. The zero-order chi connectivity index (χ0) is 19.6. The van der Waals surface area contributed by atoms with Crippen LogP contribution in [0, 0.1) is 17.8 Å². The molecule has 6 nitrogen and oxygen atoms in total. The lowest BCUT2D eigenvalue weighted by Crippen LogP contribution is -2.34. The van der Waals surface area contributed by atoms with Gasteiger partial charge in [-0.1, -0.05) is 25.4 Å². The van der Waals surface area contributed by atoms with E-state index in [0.717, 1.165) is 11.1 Å². The van der Waals surface area contributed by atoms with E-state index in [-0.39, 0.29) is 22.4 Å². The van der Waals surface area contributed by atoms with Gasteiger partial charge in [-0.15, -0.1) is 0 Å². The number of alkyl halides is 3. The van der Waals surface area contributed by atoms with Crippen molar-refractivity contribution in [1.29, 1.82) is 0 Å². The van der Waals surface area contributed by atoms with E-state index in [2.05, 4.69) is 4.98 Å². The molecular formula is C16H18ClF3N2O4. The van der Waals surface area contributed by atoms with E-state index in [9.17, 15) is 22.8 Å². The minimum atomic E-state index is -4.71. The zero-order valence-electron chi connectivity index (χ0n) is 14.1. The van der Waals surface area contributed by atoms with Crippen LogP contribution >= 0.6 is 11.6 Å². The van der Waals surface area contributed by atoms with Crippen molar-refractivity contribution >= 4 is 23.5 Å². The Morgan fingerprint density at radius 2 is 2.08 bits per heavy atom. The van der Waals surface area contributed by atoms with Crippen LogP contribution in [0.4, 0.5) is 13.2 Å². The Morgan fingerprint density at radius 1 is 1.42 bits per heavy atom. The van der Waals surface area contributed by atoms with Crippen LogP contribution in [0.5, 0.6) is 5.88 Å². The molecule has 2 atom stereocenters. The van der Waals surface area contributed by atoms with E-state index in [1.54, 1.807) is 0 Å². The first-order valence-electron chi connectivity index (χ1n) is 7.87. The van der Waals surface area contributed by atoms with Gasteiger partial charge in [-0.2, -0.15) is 13.2 Å². The maximum absolute atomic E-state index is 13.0. The summed E-state index contributed by atoms with van der Waals surface area (Å²) < 4.78 is 44.5. The summed E-state index contributed by atoms with van der Waals surface area (Å²) >= 11 is 6.01. The second-order valence-corrected chi connectivity index (χ2v) is 6.93. The fourth-order valence-electron chi connectivity index (χ4n) is 2.63. The molecule has 144 valence electrons. The molecule has 1 amide bonds. The Bertz CT molecular complexity index is 697. The van der Waals surface area contributed by atoms with Crippen LogP contribution in [-0.4, -0.2) is 52.7 Å². The number of carbonyl (C=O) groups is 2. The van der Waals surface area contributed by atoms with E-state index in [0.29, 0.717) is 6.61 Å². The van der Waals surface area contributed by atoms with Gasteiger partial charge in [-0.05, 0) is 12.0 Å². The van der Waals surface area contributed by atoms with Gasteiger partial charge in [0, 0.05) is 19.3 Å². The van der Waals surface area contributed by atoms with Crippen LogP contribution in [0.2, 0.25) is 5.02 Å². The minimum Gasteiger partial charge on any atom is -0.481 e. The first-order valence-corrected chi connectivity index (χ1v) is 8.25. The second-order valence-electron chi connectivity index (χ2n) is 6.52. The largest absolute Gasteiger partial charge is 0.481 e. The van der Waals surface area contributed by atoms with Crippen molar-refractivity contribution in [3.05, 3.63) is 22.8 Å². The molecule has 0 spiro atoms. The third-order valence-corrected chi connectivity index (χ3v) is 4.22. The van der Waals surface area contributed by atoms with Crippen molar-refractivity contribution in [3.63, 3.8) is 0 Å². The van der Waals surface area contributed by atoms with Gasteiger partial charge in [-0.25, -0.2) is 4.98 Å². The Balaban J connectivity index is 2.16. The molecule has 1 aliphatic rings. The SMILES string of the molecule is CC(C)COc1ncc(C(=O)N2C[C@@H](C(F)(F)F)[C@H](C(=O)O)C2)cc1Cl. The number of pyridine rings is 1. The van der Waals surface area contributed by atoms with Crippen LogP contribution in [0.25, 0.3) is 0 Å². The highest BCUT2D eigenvalue weighted by molar-refractivity contribution is 6.32. The van der Waals surface area contributed by atoms with Gasteiger partial charge in [0.15, 0.2) is 0 Å². The molecule has 1 N–H and O–H groups in total. The second kappa shape index (κ2) is 7.69. The molecule has 0 bridgehead atoms. The zero-order valence-corrected chi connectivity index (χ0v) is 14.8. The molecule has 0 unspecified atom stereocenters. The standard InChI is InChI=1S/C16H18ClF3N2O4/c1-8(2)7-26-13-12(17)3-9(4-21-13)14(23)22-5-10(15(24)25)11(6-22)16(18,19)20/h3-4,8,10-11H,5-7H2,1-2H3,(H,24,25)/t10-,11-/m1/s1. The summed E-state index contributed by atoms with van der Waals surface area (Å²) in [6.07, 6.45) is -3.55. The summed E-state index contributed by atoms with van der Waals surface area (Å²) in [5.41, 5.74) is -0.0288. The number of carboxylic acids is 1. The highest BCUT2D eigenvalue weighted by Gasteiger charge is 2.53. The molecule has 0 radical (unpaired) electrons. The van der Waals surface area contributed by atoms with E-state index in [1.807, 2.05) is 13.8 Å². The van der Waals surface area contributed by atoms with Crippen molar-refractivity contribution in [3.8, 4) is 5.88 Å². The van der Waals surface area contributed by atoms with E-state index in [1.165, 1.54) is 6.07 Å². The molecule has 2 heterocycles. The average Bonchev–Trinajstić information content (AvgIpc) is 2.98. The summed E-state index contributed by atoms with van der Waals surface area (Å²) in [5, 5.41) is 9.07. The molecule has 1 aliphatic heterocycles. The van der Waals surface area contributed by atoms with Crippen molar-refractivity contribution in [2.45, 2.75) is 20.0 Å². The number of likely N-dealkylation sites (tertiary alicyclic amines) is 1.